The van der Waals surface area contributed by atoms with E-state index in [1.165, 1.54) is 6.42 Å². The SMILES string of the molecule is CCCNCC(COC)N1CCOCC1CC. The molecule has 1 aliphatic heterocycles. The maximum Gasteiger partial charge on any atom is 0.0630 e. The van der Waals surface area contributed by atoms with Gasteiger partial charge in [0, 0.05) is 32.3 Å². The smallest absolute Gasteiger partial charge is 0.0630 e. The van der Waals surface area contributed by atoms with Gasteiger partial charge in [-0.05, 0) is 19.4 Å². The van der Waals surface area contributed by atoms with Crippen molar-refractivity contribution in [2.45, 2.75) is 38.8 Å². The minimum absolute atomic E-state index is 0.473. The molecule has 4 heteroatoms. The molecule has 1 saturated heterocycles. The topological polar surface area (TPSA) is 33.7 Å². The molecule has 2 unspecified atom stereocenters. The van der Waals surface area contributed by atoms with Crippen molar-refractivity contribution in [3.8, 4) is 0 Å². The molecular formula is C13H28N2O2. The van der Waals surface area contributed by atoms with Gasteiger partial charge in [-0.25, -0.2) is 0 Å². The summed E-state index contributed by atoms with van der Waals surface area (Å²) in [6, 6.07) is 1.02. The number of hydrogen-bond acceptors (Lipinski definition) is 4. The molecule has 0 radical (unpaired) electrons. The highest BCUT2D eigenvalue weighted by molar-refractivity contribution is 4.82. The standard InChI is InChI=1S/C13H28N2O2/c1-4-6-14-9-13(10-16-3)15-7-8-17-11-12(15)5-2/h12-14H,4-11H2,1-3H3. The number of rotatable bonds is 8. The highest BCUT2D eigenvalue weighted by Gasteiger charge is 2.27. The zero-order valence-corrected chi connectivity index (χ0v) is 11.6. The van der Waals surface area contributed by atoms with Gasteiger partial charge in [0.2, 0.25) is 0 Å². The van der Waals surface area contributed by atoms with Crippen LogP contribution in [0.5, 0.6) is 0 Å². The Labute approximate surface area is 106 Å². The van der Waals surface area contributed by atoms with E-state index in [0.717, 1.165) is 45.9 Å². The van der Waals surface area contributed by atoms with Gasteiger partial charge in [0.1, 0.15) is 0 Å². The van der Waals surface area contributed by atoms with Crippen molar-refractivity contribution in [1.29, 1.82) is 0 Å². The van der Waals surface area contributed by atoms with Crippen molar-refractivity contribution in [1.82, 2.24) is 10.2 Å². The number of methoxy groups -OCH3 is 1. The summed E-state index contributed by atoms with van der Waals surface area (Å²) in [6.45, 7) is 10.1. The summed E-state index contributed by atoms with van der Waals surface area (Å²) in [4.78, 5) is 2.55. The van der Waals surface area contributed by atoms with Gasteiger partial charge in [0.05, 0.1) is 19.8 Å². The first-order valence-electron chi connectivity index (χ1n) is 6.86. The summed E-state index contributed by atoms with van der Waals surface area (Å²) < 4.78 is 10.9. The van der Waals surface area contributed by atoms with Gasteiger partial charge in [-0.2, -0.15) is 0 Å². The third-order valence-corrected chi connectivity index (χ3v) is 3.38. The molecule has 1 N–H and O–H groups in total. The Morgan fingerprint density at radius 1 is 1.47 bits per heavy atom. The van der Waals surface area contributed by atoms with Gasteiger partial charge in [-0.1, -0.05) is 13.8 Å². The van der Waals surface area contributed by atoms with Crippen LogP contribution >= 0.6 is 0 Å². The van der Waals surface area contributed by atoms with Crippen molar-refractivity contribution in [3.63, 3.8) is 0 Å². The van der Waals surface area contributed by atoms with E-state index in [1.54, 1.807) is 7.11 Å². The maximum atomic E-state index is 5.55. The summed E-state index contributed by atoms with van der Waals surface area (Å²) in [5.74, 6) is 0. The Kier molecular flexibility index (Phi) is 7.77. The lowest BCUT2D eigenvalue weighted by atomic mass is 10.1. The molecule has 102 valence electrons. The molecule has 0 aliphatic carbocycles. The zero-order valence-electron chi connectivity index (χ0n) is 11.6. The lowest BCUT2D eigenvalue weighted by molar-refractivity contribution is -0.0444. The number of nitrogens with one attached hydrogen (secondary N) is 1. The van der Waals surface area contributed by atoms with Crippen LogP contribution in [0.25, 0.3) is 0 Å². The number of nitrogens with zero attached hydrogens (tertiary/aromatic N) is 1. The second-order valence-electron chi connectivity index (χ2n) is 4.69. The quantitative estimate of drug-likeness (QED) is 0.649. The van der Waals surface area contributed by atoms with Crippen molar-refractivity contribution < 1.29 is 9.47 Å². The fourth-order valence-corrected chi connectivity index (χ4v) is 2.41. The number of ether oxygens (including phenoxy) is 2. The second kappa shape index (κ2) is 8.86. The van der Waals surface area contributed by atoms with Gasteiger partial charge in [0.15, 0.2) is 0 Å². The van der Waals surface area contributed by atoms with Crippen LogP contribution in [0.2, 0.25) is 0 Å². The molecule has 0 spiro atoms. The monoisotopic (exact) mass is 244 g/mol. The fraction of sp³-hybridized carbons (Fsp3) is 1.00. The van der Waals surface area contributed by atoms with Crippen LogP contribution in [0.15, 0.2) is 0 Å². The predicted molar refractivity (Wildman–Crippen MR) is 70.4 cm³/mol. The first-order valence-corrected chi connectivity index (χ1v) is 6.86. The van der Waals surface area contributed by atoms with E-state index < -0.39 is 0 Å². The lowest BCUT2D eigenvalue weighted by Crippen LogP contribution is -2.55. The first kappa shape index (κ1) is 14.9. The third-order valence-electron chi connectivity index (χ3n) is 3.38. The van der Waals surface area contributed by atoms with E-state index in [2.05, 4.69) is 24.1 Å². The highest BCUT2D eigenvalue weighted by Crippen LogP contribution is 2.14. The van der Waals surface area contributed by atoms with E-state index in [0.29, 0.717) is 12.1 Å². The summed E-state index contributed by atoms with van der Waals surface area (Å²) in [5, 5.41) is 3.50. The Balaban J connectivity index is 2.47. The van der Waals surface area contributed by atoms with Crippen LogP contribution < -0.4 is 5.32 Å². The summed E-state index contributed by atoms with van der Waals surface area (Å²) in [6.07, 6.45) is 2.33. The van der Waals surface area contributed by atoms with E-state index in [-0.39, 0.29) is 0 Å². The van der Waals surface area contributed by atoms with Crippen molar-refractivity contribution >= 4 is 0 Å². The molecule has 0 aromatic carbocycles. The van der Waals surface area contributed by atoms with Gasteiger partial charge < -0.3 is 14.8 Å². The molecule has 0 amide bonds. The molecule has 0 saturated carbocycles. The lowest BCUT2D eigenvalue weighted by Gasteiger charge is -2.40. The molecule has 1 fully saturated rings. The zero-order chi connectivity index (χ0) is 12.5. The number of morpholine rings is 1. The van der Waals surface area contributed by atoms with E-state index in [9.17, 15) is 0 Å². The fourth-order valence-electron chi connectivity index (χ4n) is 2.41. The van der Waals surface area contributed by atoms with Gasteiger partial charge in [0.25, 0.3) is 0 Å². The minimum atomic E-state index is 0.473. The summed E-state index contributed by atoms with van der Waals surface area (Å²) in [5.41, 5.74) is 0. The van der Waals surface area contributed by atoms with E-state index in [1.807, 2.05) is 0 Å². The Hall–Kier alpha value is -0.160. The second-order valence-corrected chi connectivity index (χ2v) is 4.69. The largest absolute Gasteiger partial charge is 0.383 e. The average molecular weight is 244 g/mol. The molecule has 0 aromatic heterocycles. The molecule has 0 aromatic rings. The normalized spacial score (nSPS) is 23.8. The molecule has 1 rings (SSSR count). The minimum Gasteiger partial charge on any atom is -0.383 e. The Morgan fingerprint density at radius 2 is 2.29 bits per heavy atom. The molecule has 17 heavy (non-hydrogen) atoms. The van der Waals surface area contributed by atoms with E-state index in [4.69, 9.17) is 9.47 Å². The van der Waals surface area contributed by atoms with Crippen LogP contribution in [0.3, 0.4) is 0 Å². The predicted octanol–water partition coefficient (Wildman–Crippen LogP) is 1.11. The maximum absolute atomic E-state index is 5.55. The average Bonchev–Trinajstić information content (AvgIpc) is 2.38. The van der Waals surface area contributed by atoms with Crippen molar-refractivity contribution in [2.24, 2.45) is 0 Å². The number of hydrogen-bond donors (Lipinski definition) is 1. The molecule has 2 atom stereocenters. The van der Waals surface area contributed by atoms with Gasteiger partial charge in [-0.15, -0.1) is 0 Å². The molecule has 4 nitrogen and oxygen atoms in total. The molecule has 1 heterocycles. The summed E-state index contributed by atoms with van der Waals surface area (Å²) >= 11 is 0. The van der Waals surface area contributed by atoms with Crippen LogP contribution in [0.4, 0.5) is 0 Å². The Bertz CT molecular complexity index is 190. The van der Waals surface area contributed by atoms with Gasteiger partial charge >= 0.3 is 0 Å². The Morgan fingerprint density at radius 3 is 2.94 bits per heavy atom. The summed E-state index contributed by atoms with van der Waals surface area (Å²) in [7, 11) is 1.79. The van der Waals surface area contributed by atoms with E-state index >= 15 is 0 Å². The van der Waals surface area contributed by atoms with Crippen molar-refractivity contribution in [2.75, 3.05) is 46.6 Å². The van der Waals surface area contributed by atoms with Crippen LogP contribution in [0.1, 0.15) is 26.7 Å². The van der Waals surface area contributed by atoms with Crippen LogP contribution in [0, 0.1) is 0 Å². The molecule has 1 aliphatic rings. The molecule has 0 bridgehead atoms. The van der Waals surface area contributed by atoms with Gasteiger partial charge in [-0.3, -0.25) is 4.90 Å². The van der Waals surface area contributed by atoms with Crippen LogP contribution in [-0.2, 0) is 9.47 Å². The first-order chi connectivity index (χ1) is 8.33. The van der Waals surface area contributed by atoms with Crippen LogP contribution in [-0.4, -0.2) is 63.5 Å². The molecular weight excluding hydrogens is 216 g/mol. The third kappa shape index (κ3) is 4.92. The van der Waals surface area contributed by atoms with Crippen molar-refractivity contribution in [3.05, 3.63) is 0 Å². The highest BCUT2D eigenvalue weighted by atomic mass is 16.5.